The smallest absolute Gasteiger partial charge is 0.352 e. The second-order valence-electron chi connectivity index (χ2n) is 7.69. The molecular weight excluding hydrogens is 542 g/mol. The van der Waals surface area contributed by atoms with Crippen LogP contribution < -0.4 is 9.47 Å². The van der Waals surface area contributed by atoms with Gasteiger partial charge in [0.1, 0.15) is 11.5 Å². The summed E-state index contributed by atoms with van der Waals surface area (Å²) in [6, 6.07) is 9.51. The van der Waals surface area contributed by atoms with Gasteiger partial charge in [0.2, 0.25) is 5.60 Å². The van der Waals surface area contributed by atoms with Crippen LogP contribution in [-0.2, 0) is 14.4 Å². The lowest BCUT2D eigenvalue weighted by atomic mass is 9.97. The van der Waals surface area contributed by atoms with Gasteiger partial charge in [-0.05, 0) is 101 Å². The third-order valence-electron chi connectivity index (χ3n) is 4.83. The molecule has 6 nitrogen and oxygen atoms in total. The minimum absolute atomic E-state index is 0.281. The minimum Gasteiger partial charge on any atom is -0.496 e. The van der Waals surface area contributed by atoms with E-state index in [1.54, 1.807) is 27.9 Å². The summed E-state index contributed by atoms with van der Waals surface area (Å²) in [7, 11) is 1.67. The highest BCUT2D eigenvalue weighted by atomic mass is 79.9. The summed E-state index contributed by atoms with van der Waals surface area (Å²) < 4.78 is 18.1. The first-order chi connectivity index (χ1) is 15.1. The van der Waals surface area contributed by atoms with E-state index in [-0.39, 0.29) is 6.61 Å². The maximum atomic E-state index is 11.9. The van der Waals surface area contributed by atoms with Crippen LogP contribution in [0.25, 0.3) is 0 Å². The standard InChI is InChI=1S/C24H29Br2NO5/c1-7-15(3)18-13-17(9-10-21(18)29-6)31-22-19(25)11-16(12-20(22)26)14-27-32-24(4,5)23(28)30-8-2/h9-15H,7-8H2,1-6H3/b27-14+. The van der Waals surface area contributed by atoms with E-state index in [0.717, 1.165) is 32.2 Å². The Morgan fingerprint density at radius 1 is 1.16 bits per heavy atom. The Morgan fingerprint density at radius 2 is 1.81 bits per heavy atom. The Bertz CT molecular complexity index is 952. The van der Waals surface area contributed by atoms with Crippen LogP contribution in [0.2, 0.25) is 0 Å². The Hall–Kier alpha value is -2.06. The van der Waals surface area contributed by atoms with E-state index < -0.39 is 11.6 Å². The molecule has 0 saturated heterocycles. The number of halogens is 2. The van der Waals surface area contributed by atoms with Crippen molar-refractivity contribution in [2.24, 2.45) is 5.16 Å². The van der Waals surface area contributed by atoms with Crippen LogP contribution in [0, 0.1) is 0 Å². The highest BCUT2D eigenvalue weighted by Crippen LogP contribution is 2.40. The highest BCUT2D eigenvalue weighted by Gasteiger charge is 2.31. The number of carbonyl (C=O) groups excluding carboxylic acids is 1. The fraction of sp³-hybridized carbons (Fsp3) is 0.417. The maximum absolute atomic E-state index is 11.9. The molecule has 174 valence electrons. The first kappa shape index (κ1) is 26.2. The van der Waals surface area contributed by atoms with Crippen molar-refractivity contribution < 1.29 is 23.8 Å². The topological polar surface area (TPSA) is 66.4 Å². The normalized spacial score (nSPS) is 12.5. The van der Waals surface area contributed by atoms with Gasteiger partial charge in [0.25, 0.3) is 0 Å². The maximum Gasteiger partial charge on any atom is 0.352 e. The molecule has 0 fully saturated rings. The van der Waals surface area contributed by atoms with E-state index in [1.165, 1.54) is 6.21 Å². The van der Waals surface area contributed by atoms with Gasteiger partial charge >= 0.3 is 5.97 Å². The molecule has 0 bridgehead atoms. The predicted molar refractivity (Wildman–Crippen MR) is 133 cm³/mol. The molecule has 1 atom stereocenters. The molecule has 0 saturated carbocycles. The van der Waals surface area contributed by atoms with Crippen LogP contribution in [0.1, 0.15) is 58.1 Å². The molecule has 0 amide bonds. The zero-order valence-electron chi connectivity index (χ0n) is 19.2. The molecule has 0 aromatic heterocycles. The minimum atomic E-state index is -1.17. The van der Waals surface area contributed by atoms with Crippen LogP contribution in [0.4, 0.5) is 0 Å². The average Bonchev–Trinajstić information content (AvgIpc) is 2.75. The van der Waals surface area contributed by atoms with Gasteiger partial charge in [-0.2, -0.15) is 0 Å². The van der Waals surface area contributed by atoms with E-state index in [2.05, 4.69) is 50.9 Å². The number of nitrogens with zero attached hydrogens (tertiary/aromatic N) is 1. The van der Waals surface area contributed by atoms with Crippen molar-refractivity contribution in [1.29, 1.82) is 0 Å². The van der Waals surface area contributed by atoms with Gasteiger partial charge in [-0.15, -0.1) is 0 Å². The first-order valence-electron chi connectivity index (χ1n) is 10.4. The number of ether oxygens (including phenoxy) is 3. The first-order valence-corrected chi connectivity index (χ1v) is 11.9. The second kappa shape index (κ2) is 11.7. The molecule has 0 radical (unpaired) electrons. The quantitative estimate of drug-likeness (QED) is 0.171. The van der Waals surface area contributed by atoms with Gasteiger partial charge in [-0.25, -0.2) is 4.79 Å². The number of rotatable bonds is 10. The van der Waals surface area contributed by atoms with Gasteiger partial charge in [0, 0.05) is 5.56 Å². The fourth-order valence-electron chi connectivity index (χ4n) is 2.81. The molecule has 0 spiro atoms. The van der Waals surface area contributed by atoms with Gasteiger partial charge in [0.15, 0.2) is 5.75 Å². The lowest BCUT2D eigenvalue weighted by Crippen LogP contribution is -2.35. The Kier molecular flexibility index (Phi) is 9.58. The van der Waals surface area contributed by atoms with E-state index in [4.69, 9.17) is 19.0 Å². The van der Waals surface area contributed by atoms with Gasteiger partial charge in [0.05, 0.1) is 28.9 Å². The summed E-state index contributed by atoms with van der Waals surface area (Å²) in [6.45, 7) is 9.54. The number of esters is 1. The third-order valence-corrected chi connectivity index (χ3v) is 6.01. The molecule has 1 unspecified atom stereocenters. The molecule has 0 aliphatic carbocycles. The predicted octanol–water partition coefficient (Wildman–Crippen LogP) is 7.22. The van der Waals surface area contributed by atoms with Gasteiger partial charge in [-0.1, -0.05) is 19.0 Å². The molecule has 2 aromatic rings. The summed E-state index contributed by atoms with van der Waals surface area (Å²) in [5, 5.41) is 3.95. The Morgan fingerprint density at radius 3 is 2.38 bits per heavy atom. The van der Waals surface area contributed by atoms with Crippen molar-refractivity contribution in [3.8, 4) is 17.2 Å². The fourth-order valence-corrected chi connectivity index (χ4v) is 4.20. The monoisotopic (exact) mass is 569 g/mol. The van der Waals surface area contributed by atoms with E-state index in [0.29, 0.717) is 17.4 Å². The lowest BCUT2D eigenvalue weighted by Gasteiger charge is -2.19. The van der Waals surface area contributed by atoms with E-state index in [1.807, 2.05) is 30.3 Å². The van der Waals surface area contributed by atoms with Crippen LogP contribution in [0.3, 0.4) is 0 Å². The van der Waals surface area contributed by atoms with Crippen LogP contribution in [0.15, 0.2) is 44.4 Å². The molecular formula is C24H29Br2NO5. The third kappa shape index (κ3) is 6.72. The number of oxime groups is 1. The van der Waals surface area contributed by atoms with Crippen molar-refractivity contribution in [3.63, 3.8) is 0 Å². The Balaban J connectivity index is 2.21. The van der Waals surface area contributed by atoms with Gasteiger partial charge < -0.3 is 19.0 Å². The number of carbonyl (C=O) groups is 1. The number of methoxy groups -OCH3 is 1. The van der Waals surface area contributed by atoms with Crippen molar-refractivity contribution >= 4 is 44.0 Å². The number of benzene rings is 2. The summed E-state index contributed by atoms with van der Waals surface area (Å²) in [4.78, 5) is 17.2. The molecule has 0 aliphatic rings. The van der Waals surface area contributed by atoms with Crippen LogP contribution >= 0.6 is 31.9 Å². The number of hydrogen-bond acceptors (Lipinski definition) is 6. The van der Waals surface area contributed by atoms with Crippen LogP contribution in [-0.4, -0.2) is 31.5 Å². The lowest BCUT2D eigenvalue weighted by molar-refractivity contribution is -0.167. The summed E-state index contributed by atoms with van der Waals surface area (Å²) in [5.41, 5.74) is 0.682. The van der Waals surface area contributed by atoms with Crippen molar-refractivity contribution in [1.82, 2.24) is 0 Å². The zero-order valence-corrected chi connectivity index (χ0v) is 22.4. The Labute approximate surface area is 206 Å². The molecule has 0 aliphatic heterocycles. The molecule has 2 rings (SSSR count). The van der Waals surface area contributed by atoms with E-state index in [9.17, 15) is 4.79 Å². The van der Waals surface area contributed by atoms with Crippen molar-refractivity contribution in [2.75, 3.05) is 13.7 Å². The molecule has 0 heterocycles. The molecule has 0 N–H and O–H groups in total. The molecule has 8 heteroatoms. The number of hydrogen-bond donors (Lipinski definition) is 0. The summed E-state index contributed by atoms with van der Waals surface area (Å²) in [5.74, 6) is 2.07. The highest BCUT2D eigenvalue weighted by molar-refractivity contribution is 9.11. The SMILES string of the molecule is CCOC(=O)C(C)(C)O/N=C/c1cc(Br)c(Oc2ccc(OC)c(C(C)CC)c2)c(Br)c1. The molecule has 32 heavy (non-hydrogen) atoms. The second-order valence-corrected chi connectivity index (χ2v) is 9.39. The summed E-state index contributed by atoms with van der Waals surface area (Å²) in [6.07, 6.45) is 2.52. The van der Waals surface area contributed by atoms with E-state index >= 15 is 0 Å². The van der Waals surface area contributed by atoms with Crippen molar-refractivity contribution in [3.05, 3.63) is 50.4 Å². The average molecular weight is 571 g/mol. The van der Waals surface area contributed by atoms with Crippen LogP contribution in [0.5, 0.6) is 17.2 Å². The largest absolute Gasteiger partial charge is 0.496 e. The molecule has 2 aromatic carbocycles. The zero-order chi connectivity index (χ0) is 23.9. The van der Waals surface area contributed by atoms with Crippen molar-refractivity contribution in [2.45, 2.75) is 52.6 Å². The van der Waals surface area contributed by atoms with Gasteiger partial charge in [-0.3, -0.25) is 0 Å². The summed E-state index contributed by atoms with van der Waals surface area (Å²) >= 11 is 7.13.